The largest absolute Gasteiger partial charge is 0.466 e. The molecule has 2 nitrogen and oxygen atoms in total. The lowest BCUT2D eigenvalue weighted by molar-refractivity contribution is -0.134. The third kappa shape index (κ3) is 16.7. The van der Waals surface area contributed by atoms with Gasteiger partial charge in [0.05, 0.1) is 7.11 Å². The summed E-state index contributed by atoms with van der Waals surface area (Å²) in [5.41, 5.74) is 0. The van der Waals surface area contributed by atoms with E-state index in [0.717, 1.165) is 19.3 Å². The molecule has 120 valence electrons. The van der Waals surface area contributed by atoms with Gasteiger partial charge in [-0.25, -0.2) is 4.79 Å². The quantitative estimate of drug-likeness (QED) is 0.208. The maximum absolute atomic E-state index is 10.8. The highest BCUT2D eigenvalue weighted by Crippen LogP contribution is 2.10. The van der Waals surface area contributed by atoms with Gasteiger partial charge in [0.15, 0.2) is 0 Å². The highest BCUT2D eigenvalue weighted by Gasteiger charge is 1.91. The van der Waals surface area contributed by atoms with Crippen molar-refractivity contribution in [3.05, 3.63) is 12.2 Å². The van der Waals surface area contributed by atoms with Crippen LogP contribution < -0.4 is 0 Å². The fourth-order valence-electron chi connectivity index (χ4n) is 2.10. The van der Waals surface area contributed by atoms with E-state index in [1.807, 2.05) is 6.08 Å². The van der Waals surface area contributed by atoms with Gasteiger partial charge < -0.3 is 4.74 Å². The maximum atomic E-state index is 10.8. The molecule has 0 radical (unpaired) electrons. The average molecular weight is 292 g/mol. The minimum atomic E-state index is -0.294. The van der Waals surface area contributed by atoms with E-state index in [2.05, 4.69) is 23.5 Å². The van der Waals surface area contributed by atoms with E-state index in [0.29, 0.717) is 0 Å². The zero-order valence-electron chi connectivity index (χ0n) is 14.0. The van der Waals surface area contributed by atoms with Crippen molar-refractivity contribution in [2.75, 3.05) is 7.11 Å². The highest BCUT2D eigenvalue weighted by atomic mass is 16.5. The van der Waals surface area contributed by atoms with Gasteiger partial charge in [-0.15, -0.1) is 11.8 Å². The summed E-state index contributed by atoms with van der Waals surface area (Å²) < 4.78 is 4.51. The molecule has 0 atom stereocenters. The SMILES string of the molecule is CCCCCCCCCCCC#CCC/C=C\C(=O)OC. The molecule has 0 aliphatic heterocycles. The minimum Gasteiger partial charge on any atom is -0.466 e. The molecule has 0 unspecified atom stereocenters. The van der Waals surface area contributed by atoms with Gasteiger partial charge in [0.1, 0.15) is 0 Å². The molecule has 2 heteroatoms. The van der Waals surface area contributed by atoms with E-state index in [4.69, 9.17) is 0 Å². The standard InChI is InChI=1S/C19H32O2/c1-3-4-5-6-7-8-9-10-11-12-13-14-15-16-17-18-19(20)21-2/h17-18H,3-12,15-16H2,1-2H3/b18-17-. The second kappa shape index (κ2) is 16.8. The monoisotopic (exact) mass is 292 g/mol. The topological polar surface area (TPSA) is 26.3 Å². The molecular formula is C19H32O2. The second-order valence-electron chi connectivity index (χ2n) is 5.40. The lowest BCUT2D eigenvalue weighted by Gasteiger charge is -2.00. The van der Waals surface area contributed by atoms with Crippen molar-refractivity contribution in [1.29, 1.82) is 0 Å². The van der Waals surface area contributed by atoms with E-state index >= 15 is 0 Å². The summed E-state index contributed by atoms with van der Waals surface area (Å²) in [6, 6.07) is 0. The molecule has 0 amide bonds. The van der Waals surface area contributed by atoms with E-state index in [9.17, 15) is 4.79 Å². The number of ether oxygens (including phenoxy) is 1. The fourth-order valence-corrected chi connectivity index (χ4v) is 2.10. The van der Waals surface area contributed by atoms with E-state index in [1.54, 1.807) is 0 Å². The van der Waals surface area contributed by atoms with Gasteiger partial charge in [0.25, 0.3) is 0 Å². The Kier molecular flexibility index (Phi) is 15.8. The lowest BCUT2D eigenvalue weighted by Crippen LogP contribution is -1.93. The van der Waals surface area contributed by atoms with Crippen LogP contribution in [0, 0.1) is 11.8 Å². The molecule has 21 heavy (non-hydrogen) atoms. The first-order chi connectivity index (χ1) is 10.3. The van der Waals surface area contributed by atoms with Crippen LogP contribution in [0.4, 0.5) is 0 Å². The Labute approximate surface area is 131 Å². The number of allylic oxidation sites excluding steroid dienone is 1. The Hall–Kier alpha value is -1.23. The summed E-state index contributed by atoms with van der Waals surface area (Å²) in [6.45, 7) is 2.26. The average Bonchev–Trinajstić information content (AvgIpc) is 2.50. The lowest BCUT2D eigenvalue weighted by atomic mass is 10.1. The van der Waals surface area contributed by atoms with Crippen molar-refractivity contribution >= 4 is 5.97 Å². The fraction of sp³-hybridized carbons (Fsp3) is 0.737. The first-order valence-corrected chi connectivity index (χ1v) is 8.51. The molecule has 0 spiro atoms. The summed E-state index contributed by atoms with van der Waals surface area (Å²) >= 11 is 0. The molecule has 0 aromatic rings. The van der Waals surface area contributed by atoms with Gasteiger partial charge in [0, 0.05) is 18.9 Å². The third-order valence-corrected chi connectivity index (χ3v) is 3.42. The molecule has 0 bridgehead atoms. The normalized spacial score (nSPS) is 10.4. The van der Waals surface area contributed by atoms with Crippen LogP contribution in [-0.2, 0) is 9.53 Å². The summed E-state index contributed by atoms with van der Waals surface area (Å²) in [4.78, 5) is 10.8. The summed E-state index contributed by atoms with van der Waals surface area (Å²) in [6.07, 6.45) is 18.2. The molecule has 0 saturated heterocycles. The Bertz CT molecular complexity index is 320. The van der Waals surface area contributed by atoms with E-state index < -0.39 is 0 Å². The second-order valence-corrected chi connectivity index (χ2v) is 5.40. The molecule has 0 heterocycles. The zero-order valence-corrected chi connectivity index (χ0v) is 14.0. The molecule has 0 aromatic carbocycles. The number of carbonyl (C=O) groups is 1. The van der Waals surface area contributed by atoms with Crippen molar-refractivity contribution in [2.24, 2.45) is 0 Å². The van der Waals surface area contributed by atoms with Crippen molar-refractivity contribution in [1.82, 2.24) is 0 Å². The Morgan fingerprint density at radius 2 is 1.48 bits per heavy atom. The number of rotatable bonds is 12. The zero-order chi connectivity index (χ0) is 15.6. The van der Waals surface area contributed by atoms with E-state index in [-0.39, 0.29) is 5.97 Å². The Morgan fingerprint density at radius 1 is 0.905 bits per heavy atom. The van der Waals surface area contributed by atoms with Crippen molar-refractivity contribution in [2.45, 2.75) is 84.0 Å². The number of hydrogen-bond donors (Lipinski definition) is 0. The summed E-state index contributed by atoms with van der Waals surface area (Å²) in [5.74, 6) is 6.06. The van der Waals surface area contributed by atoms with Crippen molar-refractivity contribution in [3.63, 3.8) is 0 Å². The van der Waals surface area contributed by atoms with Gasteiger partial charge in [0.2, 0.25) is 0 Å². The number of methoxy groups -OCH3 is 1. The van der Waals surface area contributed by atoms with Crippen LogP contribution in [0.2, 0.25) is 0 Å². The molecule has 0 saturated carbocycles. The summed E-state index contributed by atoms with van der Waals surface area (Å²) in [7, 11) is 1.39. The van der Waals surface area contributed by atoms with Gasteiger partial charge >= 0.3 is 5.97 Å². The number of esters is 1. The molecule has 0 aliphatic rings. The van der Waals surface area contributed by atoms with Crippen LogP contribution in [0.1, 0.15) is 84.0 Å². The van der Waals surface area contributed by atoms with Gasteiger partial charge in [-0.1, -0.05) is 64.4 Å². The van der Waals surface area contributed by atoms with Crippen molar-refractivity contribution < 1.29 is 9.53 Å². The first kappa shape index (κ1) is 19.8. The molecule has 0 aliphatic carbocycles. The van der Waals surface area contributed by atoms with Gasteiger partial charge in [-0.05, 0) is 12.8 Å². The highest BCUT2D eigenvalue weighted by molar-refractivity contribution is 5.81. The van der Waals surface area contributed by atoms with Gasteiger partial charge in [-0.2, -0.15) is 0 Å². The molecule has 0 fully saturated rings. The Morgan fingerprint density at radius 3 is 2.10 bits per heavy atom. The molecular weight excluding hydrogens is 260 g/mol. The predicted molar refractivity (Wildman–Crippen MR) is 90.0 cm³/mol. The van der Waals surface area contributed by atoms with Crippen molar-refractivity contribution in [3.8, 4) is 11.8 Å². The smallest absolute Gasteiger partial charge is 0.330 e. The van der Waals surface area contributed by atoms with Crippen LogP contribution in [-0.4, -0.2) is 13.1 Å². The van der Waals surface area contributed by atoms with E-state index in [1.165, 1.54) is 71.0 Å². The number of unbranched alkanes of at least 4 members (excludes halogenated alkanes) is 10. The van der Waals surface area contributed by atoms with Gasteiger partial charge in [-0.3, -0.25) is 0 Å². The van der Waals surface area contributed by atoms with Crippen LogP contribution in [0.15, 0.2) is 12.2 Å². The third-order valence-electron chi connectivity index (χ3n) is 3.42. The molecule has 0 rings (SSSR count). The first-order valence-electron chi connectivity index (χ1n) is 8.51. The Balaban J connectivity index is 3.23. The predicted octanol–water partition coefficient (Wildman–Crippen LogP) is 5.42. The number of carbonyl (C=O) groups excluding carboxylic acids is 1. The maximum Gasteiger partial charge on any atom is 0.330 e. The summed E-state index contributed by atoms with van der Waals surface area (Å²) in [5, 5.41) is 0. The van der Waals surface area contributed by atoms with Crippen LogP contribution in [0.5, 0.6) is 0 Å². The van der Waals surface area contributed by atoms with Crippen LogP contribution in [0.3, 0.4) is 0 Å². The van der Waals surface area contributed by atoms with Crippen LogP contribution in [0.25, 0.3) is 0 Å². The minimum absolute atomic E-state index is 0.294. The molecule has 0 N–H and O–H groups in total. The van der Waals surface area contributed by atoms with Crippen LogP contribution >= 0.6 is 0 Å². The number of hydrogen-bond acceptors (Lipinski definition) is 2. The molecule has 0 aromatic heterocycles.